The lowest BCUT2D eigenvalue weighted by Crippen LogP contribution is -2.48. The highest BCUT2D eigenvalue weighted by Gasteiger charge is 2.33. The van der Waals surface area contributed by atoms with E-state index in [-0.39, 0.29) is 10.6 Å². The number of halogens is 1. The van der Waals surface area contributed by atoms with E-state index in [2.05, 4.69) is 20.8 Å². The summed E-state index contributed by atoms with van der Waals surface area (Å²) in [6.07, 6.45) is 0. The van der Waals surface area contributed by atoms with Crippen LogP contribution in [0.5, 0.6) is 0 Å². The van der Waals surface area contributed by atoms with E-state index in [1.165, 1.54) is 28.6 Å². The van der Waals surface area contributed by atoms with Gasteiger partial charge in [0.05, 0.1) is 4.92 Å². The Morgan fingerprint density at radius 3 is 2.27 bits per heavy atom. The second-order valence-corrected chi connectivity index (χ2v) is 8.76. The molecule has 0 aromatic heterocycles. The number of sulfonamides is 1. The molecule has 9 heteroatoms. The van der Waals surface area contributed by atoms with Gasteiger partial charge in [-0.1, -0.05) is 46.3 Å². The number of piperazine rings is 1. The first-order valence-corrected chi connectivity index (χ1v) is 10.3. The third kappa shape index (κ3) is 3.96. The van der Waals surface area contributed by atoms with Gasteiger partial charge in [-0.05, 0) is 17.7 Å². The molecule has 0 unspecified atom stereocenters. The van der Waals surface area contributed by atoms with Crippen LogP contribution in [0.3, 0.4) is 0 Å². The molecule has 0 aliphatic carbocycles. The van der Waals surface area contributed by atoms with Crippen LogP contribution in [0.2, 0.25) is 0 Å². The van der Waals surface area contributed by atoms with Crippen LogP contribution in [0.15, 0.2) is 57.9 Å². The Kier molecular flexibility index (Phi) is 5.71. The Bertz CT molecular complexity index is 912. The van der Waals surface area contributed by atoms with Crippen LogP contribution in [0.25, 0.3) is 0 Å². The van der Waals surface area contributed by atoms with Crippen LogP contribution >= 0.6 is 15.9 Å². The molecule has 1 aliphatic rings. The minimum Gasteiger partial charge on any atom is -0.296 e. The molecule has 2 aromatic rings. The summed E-state index contributed by atoms with van der Waals surface area (Å²) in [7, 11) is -3.89. The number of nitro groups is 1. The molecule has 7 nitrogen and oxygen atoms in total. The van der Waals surface area contributed by atoms with Crippen molar-refractivity contribution in [2.75, 3.05) is 26.2 Å². The van der Waals surface area contributed by atoms with Gasteiger partial charge in [0.15, 0.2) is 4.90 Å². The lowest BCUT2D eigenvalue weighted by Gasteiger charge is -2.34. The topological polar surface area (TPSA) is 83.8 Å². The molecule has 2 aromatic carbocycles. The van der Waals surface area contributed by atoms with Gasteiger partial charge < -0.3 is 0 Å². The zero-order chi connectivity index (χ0) is 18.7. The fourth-order valence-electron chi connectivity index (χ4n) is 2.96. The van der Waals surface area contributed by atoms with Crippen molar-refractivity contribution < 1.29 is 13.3 Å². The molecule has 0 amide bonds. The van der Waals surface area contributed by atoms with Crippen molar-refractivity contribution in [2.24, 2.45) is 0 Å². The highest BCUT2D eigenvalue weighted by molar-refractivity contribution is 9.10. The van der Waals surface area contributed by atoms with Crippen molar-refractivity contribution in [3.63, 3.8) is 0 Å². The molecule has 0 radical (unpaired) electrons. The lowest BCUT2D eigenvalue weighted by molar-refractivity contribution is -0.387. The number of nitrogens with zero attached hydrogens (tertiary/aromatic N) is 3. The highest BCUT2D eigenvalue weighted by Crippen LogP contribution is 2.27. The largest absolute Gasteiger partial charge is 0.296 e. The monoisotopic (exact) mass is 439 g/mol. The summed E-state index contributed by atoms with van der Waals surface area (Å²) in [6, 6.07) is 13.4. The van der Waals surface area contributed by atoms with E-state index in [0.29, 0.717) is 26.2 Å². The van der Waals surface area contributed by atoms with Crippen molar-refractivity contribution in [1.29, 1.82) is 0 Å². The lowest BCUT2D eigenvalue weighted by atomic mass is 10.2. The Morgan fingerprint density at radius 1 is 1.00 bits per heavy atom. The molecule has 0 atom stereocenters. The van der Waals surface area contributed by atoms with Crippen LogP contribution in [-0.4, -0.2) is 48.7 Å². The molecule has 0 saturated carbocycles. The number of para-hydroxylation sites is 1. The third-order valence-electron chi connectivity index (χ3n) is 4.36. The van der Waals surface area contributed by atoms with Gasteiger partial charge in [0.2, 0.25) is 10.0 Å². The maximum absolute atomic E-state index is 12.8. The first-order valence-electron chi connectivity index (χ1n) is 8.09. The molecule has 0 bridgehead atoms. The molecular formula is C17H18BrN3O4S. The predicted octanol–water partition coefficient (Wildman–Crippen LogP) is 2.86. The van der Waals surface area contributed by atoms with E-state index in [4.69, 9.17) is 0 Å². The molecule has 26 heavy (non-hydrogen) atoms. The van der Waals surface area contributed by atoms with Crippen molar-refractivity contribution in [3.05, 3.63) is 68.7 Å². The van der Waals surface area contributed by atoms with Crippen LogP contribution < -0.4 is 0 Å². The first-order chi connectivity index (χ1) is 12.4. The van der Waals surface area contributed by atoms with Gasteiger partial charge in [-0.2, -0.15) is 4.31 Å². The Labute approximate surface area is 160 Å². The summed E-state index contributed by atoms with van der Waals surface area (Å²) in [6.45, 7) is 2.47. The number of hydrogen-bond donors (Lipinski definition) is 0. The maximum atomic E-state index is 12.8. The Balaban J connectivity index is 1.72. The van der Waals surface area contributed by atoms with Gasteiger partial charge in [0.25, 0.3) is 5.69 Å². The summed E-state index contributed by atoms with van der Waals surface area (Å²) in [5, 5.41) is 11.1. The van der Waals surface area contributed by atoms with E-state index in [1.54, 1.807) is 0 Å². The van der Waals surface area contributed by atoms with Crippen LogP contribution in [-0.2, 0) is 16.6 Å². The molecule has 0 N–H and O–H groups in total. The maximum Gasteiger partial charge on any atom is 0.289 e. The number of nitro benzene ring substituents is 1. The summed E-state index contributed by atoms with van der Waals surface area (Å²) < 4.78 is 28.0. The number of benzene rings is 2. The molecule has 138 valence electrons. The third-order valence-corrected chi connectivity index (χ3v) is 7.08. The molecule has 3 rings (SSSR count). The zero-order valence-corrected chi connectivity index (χ0v) is 16.3. The van der Waals surface area contributed by atoms with Gasteiger partial charge in [-0.3, -0.25) is 15.0 Å². The number of hydrogen-bond acceptors (Lipinski definition) is 5. The van der Waals surface area contributed by atoms with E-state index < -0.39 is 14.9 Å². The van der Waals surface area contributed by atoms with Crippen molar-refractivity contribution in [3.8, 4) is 0 Å². The van der Waals surface area contributed by atoms with Gasteiger partial charge in [-0.25, -0.2) is 8.42 Å². The minimum absolute atomic E-state index is 0.246. The fourth-order valence-corrected chi connectivity index (χ4v) is 4.95. The molecule has 1 aliphatic heterocycles. The summed E-state index contributed by atoms with van der Waals surface area (Å²) in [5.74, 6) is 0. The summed E-state index contributed by atoms with van der Waals surface area (Å²) >= 11 is 3.52. The van der Waals surface area contributed by atoms with E-state index >= 15 is 0 Å². The van der Waals surface area contributed by atoms with Gasteiger partial charge >= 0.3 is 0 Å². The van der Waals surface area contributed by atoms with Crippen LogP contribution in [0.1, 0.15) is 5.56 Å². The quantitative estimate of drug-likeness (QED) is 0.528. The van der Waals surface area contributed by atoms with Crippen molar-refractivity contribution >= 4 is 31.6 Å². The highest BCUT2D eigenvalue weighted by atomic mass is 79.9. The first kappa shape index (κ1) is 19.0. The molecule has 1 heterocycles. The number of rotatable bonds is 5. The average Bonchev–Trinajstić information content (AvgIpc) is 2.64. The Morgan fingerprint density at radius 2 is 1.62 bits per heavy atom. The summed E-state index contributed by atoms with van der Waals surface area (Å²) in [5.41, 5.74) is 0.755. The van der Waals surface area contributed by atoms with Gasteiger partial charge in [0, 0.05) is 43.3 Å². The second kappa shape index (κ2) is 7.83. The molecular weight excluding hydrogens is 422 g/mol. The normalized spacial score (nSPS) is 16.5. The average molecular weight is 440 g/mol. The zero-order valence-electron chi connectivity index (χ0n) is 13.9. The second-order valence-electron chi connectivity index (χ2n) is 6.00. The summed E-state index contributed by atoms with van der Waals surface area (Å²) in [4.78, 5) is 12.4. The van der Waals surface area contributed by atoms with E-state index in [0.717, 1.165) is 16.6 Å². The van der Waals surface area contributed by atoms with Gasteiger partial charge in [-0.15, -0.1) is 0 Å². The molecule has 1 fully saturated rings. The van der Waals surface area contributed by atoms with E-state index in [1.807, 2.05) is 24.3 Å². The standard InChI is InChI=1S/C17H18BrN3O4S/c18-15-6-2-1-5-14(15)13-19-9-11-20(12-10-19)26(24,25)17-8-4-3-7-16(17)21(22)23/h1-8H,9-13H2. The minimum atomic E-state index is -3.89. The predicted molar refractivity (Wildman–Crippen MR) is 101 cm³/mol. The SMILES string of the molecule is O=[N+]([O-])c1ccccc1S(=O)(=O)N1CCN(Cc2ccccc2Br)CC1. The van der Waals surface area contributed by atoms with Crippen LogP contribution in [0.4, 0.5) is 5.69 Å². The van der Waals surface area contributed by atoms with E-state index in [9.17, 15) is 18.5 Å². The van der Waals surface area contributed by atoms with Crippen molar-refractivity contribution in [2.45, 2.75) is 11.4 Å². The van der Waals surface area contributed by atoms with Crippen molar-refractivity contribution in [1.82, 2.24) is 9.21 Å². The smallest absolute Gasteiger partial charge is 0.289 e. The molecule has 0 spiro atoms. The van der Waals surface area contributed by atoms with Crippen LogP contribution in [0, 0.1) is 10.1 Å². The Hall–Kier alpha value is -1.81. The van der Waals surface area contributed by atoms with Gasteiger partial charge in [0.1, 0.15) is 0 Å². The fraction of sp³-hybridized carbons (Fsp3) is 0.294. The molecule has 1 saturated heterocycles.